The van der Waals surface area contributed by atoms with Crippen molar-refractivity contribution in [3.8, 4) is 0 Å². The van der Waals surface area contributed by atoms with Crippen molar-refractivity contribution in [3.63, 3.8) is 0 Å². The van der Waals surface area contributed by atoms with Crippen LogP contribution >= 0.6 is 0 Å². The van der Waals surface area contributed by atoms with Crippen LogP contribution in [0.15, 0.2) is 0 Å². The molecule has 0 aromatic rings. The molecule has 2 rings (SSSR count). The first-order chi connectivity index (χ1) is 7.98. The second kappa shape index (κ2) is 4.94. The van der Waals surface area contributed by atoms with Crippen LogP contribution in [0.5, 0.6) is 0 Å². The Morgan fingerprint density at radius 1 is 1.41 bits per heavy atom. The zero-order valence-electron chi connectivity index (χ0n) is 10.9. The number of carbonyl (C=O) groups is 1. The summed E-state index contributed by atoms with van der Waals surface area (Å²) < 4.78 is 0. The fraction of sp³-hybridized carbons (Fsp3) is 0.923. The lowest BCUT2D eigenvalue weighted by Crippen LogP contribution is -2.56. The highest BCUT2D eigenvalue weighted by Gasteiger charge is 2.34. The Morgan fingerprint density at radius 2 is 2.18 bits per heavy atom. The van der Waals surface area contributed by atoms with Gasteiger partial charge in [0.25, 0.3) is 0 Å². The minimum atomic E-state index is -0.700. The fourth-order valence-electron chi connectivity index (χ4n) is 2.96. The smallest absolute Gasteiger partial charge is 0.239 e. The second-order valence-corrected chi connectivity index (χ2v) is 5.91. The third-order valence-corrected chi connectivity index (χ3v) is 3.90. The molecule has 0 spiro atoms. The lowest BCUT2D eigenvalue weighted by molar-refractivity contribution is -0.140. The molecular weight excluding hydrogens is 216 g/mol. The number of nitrogens with one attached hydrogen (secondary N) is 1. The first kappa shape index (κ1) is 12.8. The van der Waals surface area contributed by atoms with Gasteiger partial charge in [-0.1, -0.05) is 0 Å². The van der Waals surface area contributed by atoms with Crippen molar-refractivity contribution in [3.05, 3.63) is 0 Å². The Morgan fingerprint density at radius 3 is 2.82 bits per heavy atom. The van der Waals surface area contributed by atoms with E-state index < -0.39 is 5.60 Å². The van der Waals surface area contributed by atoms with E-state index in [0.717, 1.165) is 38.6 Å². The molecule has 3 unspecified atom stereocenters. The van der Waals surface area contributed by atoms with Gasteiger partial charge in [0.05, 0.1) is 11.6 Å². The van der Waals surface area contributed by atoms with Crippen LogP contribution in [0.4, 0.5) is 0 Å². The molecular formula is C13H24N2O2. The summed E-state index contributed by atoms with van der Waals surface area (Å²) in [5.41, 5.74) is -0.700. The Labute approximate surface area is 103 Å². The molecule has 3 atom stereocenters. The molecule has 0 aromatic carbocycles. The summed E-state index contributed by atoms with van der Waals surface area (Å²) in [6.45, 7) is 5.23. The Hall–Kier alpha value is -0.610. The van der Waals surface area contributed by atoms with Gasteiger partial charge in [-0.15, -0.1) is 0 Å². The Balaban J connectivity index is 1.94. The standard InChI is InChI=1S/C13H24N2O2/c1-10-5-3-6-11(14-10)12(16)15-8-4-7-13(2,17)9-15/h10-11,14,17H,3-9H2,1-2H3. The van der Waals surface area contributed by atoms with Gasteiger partial charge in [-0.2, -0.15) is 0 Å². The number of nitrogens with zero attached hydrogens (tertiary/aromatic N) is 1. The van der Waals surface area contributed by atoms with Gasteiger partial charge >= 0.3 is 0 Å². The van der Waals surface area contributed by atoms with E-state index in [1.165, 1.54) is 0 Å². The first-order valence-electron chi connectivity index (χ1n) is 6.75. The summed E-state index contributed by atoms with van der Waals surface area (Å²) in [5, 5.41) is 13.4. The van der Waals surface area contributed by atoms with Crippen molar-refractivity contribution in [1.29, 1.82) is 0 Å². The van der Waals surface area contributed by atoms with E-state index in [0.29, 0.717) is 12.6 Å². The summed E-state index contributed by atoms with van der Waals surface area (Å²) in [4.78, 5) is 14.2. The van der Waals surface area contributed by atoms with E-state index in [1.54, 1.807) is 0 Å². The average molecular weight is 240 g/mol. The summed E-state index contributed by atoms with van der Waals surface area (Å²) in [5.74, 6) is 0.177. The lowest BCUT2D eigenvalue weighted by atomic mass is 9.93. The number of hydrogen-bond acceptors (Lipinski definition) is 3. The van der Waals surface area contributed by atoms with Crippen LogP contribution in [-0.4, -0.2) is 46.7 Å². The molecule has 0 aliphatic carbocycles. The lowest BCUT2D eigenvalue weighted by Gasteiger charge is -2.39. The molecule has 2 aliphatic rings. The van der Waals surface area contributed by atoms with Gasteiger partial charge < -0.3 is 15.3 Å². The van der Waals surface area contributed by atoms with Crippen LogP contribution < -0.4 is 5.32 Å². The van der Waals surface area contributed by atoms with E-state index >= 15 is 0 Å². The molecule has 4 nitrogen and oxygen atoms in total. The summed E-state index contributed by atoms with van der Waals surface area (Å²) in [6.07, 6.45) is 4.91. The summed E-state index contributed by atoms with van der Waals surface area (Å²) >= 11 is 0. The van der Waals surface area contributed by atoms with Gasteiger partial charge in [0.15, 0.2) is 0 Å². The molecule has 2 fully saturated rings. The van der Waals surface area contributed by atoms with Crippen molar-refractivity contribution < 1.29 is 9.90 Å². The number of β-amino-alcohol motifs (C(OH)–C–C–N with tert-alkyl or cyclic N) is 1. The molecule has 2 saturated heterocycles. The van der Waals surface area contributed by atoms with Crippen LogP contribution in [-0.2, 0) is 4.79 Å². The molecule has 98 valence electrons. The predicted octanol–water partition coefficient (Wildman–Crippen LogP) is 0.890. The van der Waals surface area contributed by atoms with Gasteiger partial charge in [0.1, 0.15) is 0 Å². The third-order valence-electron chi connectivity index (χ3n) is 3.90. The number of carbonyl (C=O) groups excluding carboxylic acids is 1. The highest BCUT2D eigenvalue weighted by molar-refractivity contribution is 5.82. The number of piperidine rings is 2. The van der Waals surface area contributed by atoms with E-state index in [1.807, 2.05) is 11.8 Å². The minimum absolute atomic E-state index is 0.0346. The van der Waals surface area contributed by atoms with Crippen LogP contribution in [0.25, 0.3) is 0 Å². The molecule has 0 saturated carbocycles. The van der Waals surface area contributed by atoms with Crippen LogP contribution in [0.2, 0.25) is 0 Å². The molecule has 0 bridgehead atoms. The van der Waals surface area contributed by atoms with Crippen molar-refractivity contribution in [2.75, 3.05) is 13.1 Å². The fourth-order valence-corrected chi connectivity index (χ4v) is 2.96. The Bertz CT molecular complexity index is 291. The Kier molecular flexibility index (Phi) is 3.73. The average Bonchev–Trinajstić information content (AvgIpc) is 2.26. The summed E-state index contributed by atoms with van der Waals surface area (Å²) in [7, 11) is 0. The largest absolute Gasteiger partial charge is 0.388 e. The number of aliphatic hydroxyl groups is 1. The van der Waals surface area contributed by atoms with Gasteiger partial charge in [0.2, 0.25) is 5.91 Å². The van der Waals surface area contributed by atoms with Crippen LogP contribution in [0.1, 0.15) is 46.0 Å². The molecule has 17 heavy (non-hydrogen) atoms. The molecule has 4 heteroatoms. The quantitative estimate of drug-likeness (QED) is 0.716. The normalized spacial score (nSPS) is 39.1. The topological polar surface area (TPSA) is 52.6 Å². The monoisotopic (exact) mass is 240 g/mol. The molecule has 2 N–H and O–H groups in total. The summed E-state index contributed by atoms with van der Waals surface area (Å²) in [6, 6.07) is 0.399. The molecule has 0 radical (unpaired) electrons. The van der Waals surface area contributed by atoms with Crippen molar-refractivity contribution in [2.24, 2.45) is 0 Å². The zero-order chi connectivity index (χ0) is 12.5. The molecule has 0 aromatic heterocycles. The van der Waals surface area contributed by atoms with Gasteiger partial charge in [0, 0.05) is 19.1 Å². The molecule has 2 heterocycles. The van der Waals surface area contributed by atoms with Gasteiger partial charge in [-0.3, -0.25) is 4.79 Å². The maximum absolute atomic E-state index is 12.3. The van der Waals surface area contributed by atoms with Crippen LogP contribution in [0.3, 0.4) is 0 Å². The number of rotatable bonds is 1. The van der Waals surface area contributed by atoms with E-state index in [2.05, 4.69) is 12.2 Å². The predicted molar refractivity (Wildman–Crippen MR) is 66.7 cm³/mol. The number of hydrogen-bond donors (Lipinski definition) is 2. The maximum atomic E-state index is 12.3. The molecule has 2 aliphatic heterocycles. The minimum Gasteiger partial charge on any atom is -0.388 e. The third kappa shape index (κ3) is 3.19. The SMILES string of the molecule is CC1CCCC(C(=O)N2CCCC(C)(O)C2)N1. The number of amides is 1. The molecule has 1 amide bonds. The number of likely N-dealkylation sites (tertiary alicyclic amines) is 1. The van der Waals surface area contributed by atoms with E-state index in [-0.39, 0.29) is 11.9 Å². The van der Waals surface area contributed by atoms with Crippen molar-refractivity contribution in [1.82, 2.24) is 10.2 Å². The van der Waals surface area contributed by atoms with Crippen molar-refractivity contribution in [2.45, 2.75) is 63.6 Å². The van der Waals surface area contributed by atoms with Gasteiger partial charge in [-0.05, 0) is 46.0 Å². The van der Waals surface area contributed by atoms with E-state index in [9.17, 15) is 9.90 Å². The first-order valence-corrected chi connectivity index (χ1v) is 6.75. The highest BCUT2D eigenvalue weighted by Crippen LogP contribution is 2.22. The second-order valence-electron chi connectivity index (χ2n) is 5.91. The van der Waals surface area contributed by atoms with E-state index in [4.69, 9.17) is 0 Å². The maximum Gasteiger partial charge on any atom is 0.239 e. The van der Waals surface area contributed by atoms with Crippen molar-refractivity contribution >= 4 is 5.91 Å². The van der Waals surface area contributed by atoms with Crippen LogP contribution in [0, 0.1) is 0 Å². The highest BCUT2D eigenvalue weighted by atomic mass is 16.3. The van der Waals surface area contributed by atoms with Gasteiger partial charge in [-0.25, -0.2) is 0 Å². The zero-order valence-corrected chi connectivity index (χ0v) is 10.9.